The van der Waals surface area contributed by atoms with Crippen molar-refractivity contribution in [2.45, 2.75) is 45.4 Å². The Kier molecular flexibility index (Phi) is 8.09. The van der Waals surface area contributed by atoms with Gasteiger partial charge < -0.3 is 9.47 Å². The van der Waals surface area contributed by atoms with E-state index in [-0.39, 0.29) is 10.8 Å². The molecule has 0 amide bonds. The smallest absolute Gasteiger partial charge is 0.0541 e. The summed E-state index contributed by atoms with van der Waals surface area (Å²) in [4.78, 5) is 2.41. The van der Waals surface area contributed by atoms with Crippen molar-refractivity contribution in [2.24, 2.45) is 0 Å². The van der Waals surface area contributed by atoms with Gasteiger partial charge in [0.15, 0.2) is 0 Å². The van der Waals surface area contributed by atoms with Crippen LogP contribution in [0, 0.1) is 0 Å². The standard InChI is InChI=1S/C55H46N2/c1-54(2,3)41-25-33-53-49(35-41)48-34-40(24-32-52(48)57(53)42-16-10-7-11-17-42)39-22-28-44(29-23-39)56(43-26-20-38(21-27-43)37-14-8-6-9-15-37)45-30-31-47-46-18-12-13-19-50(46)55(4,5)51(47)36-45/h6-36H,1-5H3. The Morgan fingerprint density at radius 3 is 1.60 bits per heavy atom. The molecule has 57 heavy (non-hydrogen) atoms. The molecule has 8 aromatic carbocycles. The van der Waals surface area contributed by atoms with Crippen molar-refractivity contribution in [1.29, 1.82) is 0 Å². The zero-order valence-electron chi connectivity index (χ0n) is 33.3. The first-order chi connectivity index (χ1) is 27.6. The molecule has 0 aliphatic heterocycles. The molecule has 2 heteroatoms. The number of rotatable bonds is 6. The van der Waals surface area contributed by atoms with Crippen LogP contribution in [0.25, 0.3) is 60.9 Å². The number of hydrogen-bond acceptors (Lipinski definition) is 1. The van der Waals surface area contributed by atoms with Gasteiger partial charge in [0.1, 0.15) is 0 Å². The van der Waals surface area contributed by atoms with Crippen LogP contribution in [-0.4, -0.2) is 4.57 Å². The average molecular weight is 735 g/mol. The maximum atomic E-state index is 2.41. The van der Waals surface area contributed by atoms with Crippen molar-refractivity contribution in [3.05, 3.63) is 205 Å². The van der Waals surface area contributed by atoms with Gasteiger partial charge in [-0.3, -0.25) is 0 Å². The van der Waals surface area contributed by atoms with Crippen LogP contribution in [0.5, 0.6) is 0 Å². The third-order valence-electron chi connectivity index (χ3n) is 12.2. The third-order valence-corrected chi connectivity index (χ3v) is 12.2. The van der Waals surface area contributed by atoms with Gasteiger partial charge in [0.25, 0.3) is 0 Å². The zero-order valence-corrected chi connectivity index (χ0v) is 33.3. The Balaban J connectivity index is 1.08. The number of para-hydroxylation sites is 1. The maximum absolute atomic E-state index is 2.41. The highest BCUT2D eigenvalue weighted by atomic mass is 15.1. The largest absolute Gasteiger partial charge is 0.310 e. The lowest BCUT2D eigenvalue weighted by atomic mass is 9.82. The van der Waals surface area contributed by atoms with Crippen LogP contribution in [0.1, 0.15) is 51.3 Å². The van der Waals surface area contributed by atoms with E-state index in [1.807, 2.05) is 0 Å². The predicted octanol–water partition coefficient (Wildman–Crippen LogP) is 15.2. The first-order valence-corrected chi connectivity index (χ1v) is 20.1. The van der Waals surface area contributed by atoms with E-state index in [1.54, 1.807) is 0 Å². The monoisotopic (exact) mass is 734 g/mol. The Morgan fingerprint density at radius 1 is 0.421 bits per heavy atom. The fraction of sp³-hybridized carbons (Fsp3) is 0.127. The first-order valence-electron chi connectivity index (χ1n) is 20.1. The molecule has 0 fully saturated rings. The number of anilines is 3. The van der Waals surface area contributed by atoms with E-state index in [2.05, 4.69) is 232 Å². The van der Waals surface area contributed by atoms with Crippen LogP contribution >= 0.6 is 0 Å². The molecule has 0 saturated heterocycles. The Morgan fingerprint density at radius 2 is 0.930 bits per heavy atom. The van der Waals surface area contributed by atoms with E-state index in [1.165, 1.54) is 77.6 Å². The fourth-order valence-corrected chi connectivity index (χ4v) is 9.04. The summed E-state index contributed by atoms with van der Waals surface area (Å²) in [5.74, 6) is 0. The van der Waals surface area contributed by atoms with E-state index in [4.69, 9.17) is 0 Å². The molecule has 0 N–H and O–H groups in total. The zero-order chi connectivity index (χ0) is 38.9. The Hall–Kier alpha value is -6.64. The quantitative estimate of drug-likeness (QED) is 0.165. The Labute approximate surface area is 336 Å². The van der Waals surface area contributed by atoms with Crippen LogP contribution in [0.15, 0.2) is 188 Å². The van der Waals surface area contributed by atoms with Crippen molar-refractivity contribution < 1.29 is 0 Å². The van der Waals surface area contributed by atoms with Gasteiger partial charge in [-0.05, 0) is 128 Å². The Bertz CT molecular complexity index is 2930. The van der Waals surface area contributed by atoms with Gasteiger partial charge >= 0.3 is 0 Å². The van der Waals surface area contributed by atoms with E-state index in [0.29, 0.717) is 0 Å². The molecule has 1 aliphatic rings. The molecular formula is C55H46N2. The molecule has 0 spiro atoms. The second kappa shape index (κ2) is 13.2. The van der Waals surface area contributed by atoms with Crippen LogP contribution in [0.3, 0.4) is 0 Å². The van der Waals surface area contributed by atoms with Gasteiger partial charge in [0.2, 0.25) is 0 Å². The van der Waals surface area contributed by atoms with Crippen LogP contribution in [-0.2, 0) is 10.8 Å². The molecule has 0 unspecified atom stereocenters. The molecular weight excluding hydrogens is 689 g/mol. The van der Waals surface area contributed by atoms with Crippen molar-refractivity contribution in [2.75, 3.05) is 4.90 Å². The minimum absolute atomic E-state index is 0.0507. The summed E-state index contributed by atoms with van der Waals surface area (Å²) in [5.41, 5.74) is 18.6. The van der Waals surface area contributed by atoms with Gasteiger partial charge in [0, 0.05) is 38.9 Å². The van der Waals surface area contributed by atoms with E-state index in [0.717, 1.165) is 17.1 Å². The highest BCUT2D eigenvalue weighted by Crippen LogP contribution is 2.51. The average Bonchev–Trinajstić information content (AvgIpc) is 3.69. The number of benzene rings is 8. The van der Waals surface area contributed by atoms with Crippen molar-refractivity contribution >= 4 is 38.9 Å². The SMILES string of the molecule is CC(C)(C)c1ccc2c(c1)c1cc(-c3ccc(N(c4ccc(-c5ccccc5)cc4)c4ccc5c(c4)C(C)(C)c4ccccc4-5)cc3)ccc1n2-c1ccccc1. The molecule has 0 atom stereocenters. The molecule has 1 heterocycles. The van der Waals surface area contributed by atoms with Crippen LogP contribution in [0.2, 0.25) is 0 Å². The summed E-state index contributed by atoms with van der Waals surface area (Å²) < 4.78 is 2.40. The molecule has 0 radical (unpaired) electrons. The summed E-state index contributed by atoms with van der Waals surface area (Å²) in [6.45, 7) is 11.6. The van der Waals surface area contributed by atoms with Crippen LogP contribution in [0.4, 0.5) is 17.1 Å². The third kappa shape index (κ3) is 5.87. The van der Waals surface area contributed by atoms with Gasteiger partial charge in [0.05, 0.1) is 11.0 Å². The molecule has 9 aromatic rings. The summed E-state index contributed by atoms with van der Waals surface area (Å²) in [5, 5.41) is 2.55. The minimum atomic E-state index is -0.0927. The highest BCUT2D eigenvalue weighted by molar-refractivity contribution is 6.11. The molecule has 1 aromatic heterocycles. The predicted molar refractivity (Wildman–Crippen MR) is 243 cm³/mol. The lowest BCUT2D eigenvalue weighted by Gasteiger charge is -2.28. The topological polar surface area (TPSA) is 8.17 Å². The molecule has 2 nitrogen and oxygen atoms in total. The second-order valence-electron chi connectivity index (χ2n) is 17.1. The number of aromatic nitrogens is 1. The van der Waals surface area contributed by atoms with Crippen molar-refractivity contribution in [3.63, 3.8) is 0 Å². The summed E-state index contributed by atoms with van der Waals surface area (Å²) in [6, 6.07) is 69.3. The number of nitrogens with zero attached hydrogens (tertiary/aromatic N) is 2. The fourth-order valence-electron chi connectivity index (χ4n) is 9.04. The normalized spacial score (nSPS) is 13.1. The van der Waals surface area contributed by atoms with Crippen LogP contribution < -0.4 is 4.90 Å². The molecule has 0 bridgehead atoms. The van der Waals surface area contributed by atoms with Gasteiger partial charge in [-0.15, -0.1) is 0 Å². The molecule has 276 valence electrons. The molecule has 0 saturated carbocycles. The van der Waals surface area contributed by atoms with E-state index >= 15 is 0 Å². The molecule has 10 rings (SSSR count). The summed E-state index contributed by atoms with van der Waals surface area (Å²) in [6.07, 6.45) is 0. The minimum Gasteiger partial charge on any atom is -0.310 e. The molecule has 1 aliphatic carbocycles. The maximum Gasteiger partial charge on any atom is 0.0541 e. The first kappa shape index (κ1) is 34.8. The van der Waals surface area contributed by atoms with Crippen molar-refractivity contribution in [3.8, 4) is 39.1 Å². The van der Waals surface area contributed by atoms with Crippen molar-refractivity contribution in [1.82, 2.24) is 4.57 Å². The van der Waals surface area contributed by atoms with Gasteiger partial charge in [-0.25, -0.2) is 0 Å². The van der Waals surface area contributed by atoms with E-state index < -0.39 is 0 Å². The lowest BCUT2D eigenvalue weighted by molar-refractivity contribution is 0.591. The number of fused-ring (bicyclic) bond motifs is 6. The highest BCUT2D eigenvalue weighted by Gasteiger charge is 2.35. The summed E-state index contributed by atoms with van der Waals surface area (Å²) in [7, 11) is 0. The number of hydrogen-bond donors (Lipinski definition) is 0. The van der Waals surface area contributed by atoms with E-state index in [9.17, 15) is 0 Å². The summed E-state index contributed by atoms with van der Waals surface area (Å²) >= 11 is 0. The second-order valence-corrected chi connectivity index (χ2v) is 17.1. The van der Waals surface area contributed by atoms with Gasteiger partial charge in [-0.1, -0.05) is 150 Å². The van der Waals surface area contributed by atoms with Gasteiger partial charge in [-0.2, -0.15) is 0 Å². The lowest BCUT2D eigenvalue weighted by Crippen LogP contribution is -2.16.